The Balaban J connectivity index is 2.48. The first-order valence-corrected chi connectivity index (χ1v) is 7.71. The van der Waals surface area contributed by atoms with Gasteiger partial charge in [-0.1, -0.05) is 30.0 Å². The molecule has 1 aromatic rings. The summed E-state index contributed by atoms with van der Waals surface area (Å²) >= 11 is 6.61. The molecular formula is C14H17N3OS2. The van der Waals surface area contributed by atoms with Crippen LogP contribution >= 0.6 is 24.0 Å². The molecule has 1 rings (SSSR count). The van der Waals surface area contributed by atoms with E-state index in [1.165, 1.54) is 11.8 Å². The summed E-state index contributed by atoms with van der Waals surface area (Å²) in [5.74, 6) is 0.145. The van der Waals surface area contributed by atoms with E-state index >= 15 is 0 Å². The molecule has 0 saturated carbocycles. The van der Waals surface area contributed by atoms with Gasteiger partial charge in [0.25, 0.3) is 0 Å². The van der Waals surface area contributed by atoms with Gasteiger partial charge < -0.3 is 10.2 Å². The highest BCUT2D eigenvalue weighted by molar-refractivity contribution is 8.23. The zero-order valence-corrected chi connectivity index (χ0v) is 13.2. The number of thiocarbonyl (C=S) groups is 1. The summed E-state index contributed by atoms with van der Waals surface area (Å²) in [5, 5.41) is 11.6. The van der Waals surface area contributed by atoms with E-state index in [9.17, 15) is 4.79 Å². The third-order valence-corrected chi connectivity index (χ3v) is 4.15. The first-order valence-electron chi connectivity index (χ1n) is 6.32. The zero-order chi connectivity index (χ0) is 15.0. The smallest absolute Gasteiger partial charge is 0.234 e. The Labute approximate surface area is 129 Å². The summed E-state index contributed by atoms with van der Waals surface area (Å²) in [7, 11) is 0. The Morgan fingerprint density at radius 3 is 2.75 bits per heavy atom. The van der Waals surface area contributed by atoms with E-state index in [4.69, 9.17) is 17.5 Å². The Bertz CT molecular complexity index is 521. The molecule has 0 bridgehead atoms. The molecule has 0 aliphatic heterocycles. The van der Waals surface area contributed by atoms with Crippen molar-refractivity contribution in [2.24, 2.45) is 0 Å². The van der Waals surface area contributed by atoms with Crippen molar-refractivity contribution in [1.82, 2.24) is 4.90 Å². The predicted octanol–water partition coefficient (Wildman–Crippen LogP) is 2.86. The van der Waals surface area contributed by atoms with E-state index in [0.717, 1.165) is 17.4 Å². The monoisotopic (exact) mass is 307 g/mol. The maximum atomic E-state index is 11.8. The first kappa shape index (κ1) is 16.5. The van der Waals surface area contributed by atoms with Gasteiger partial charge in [-0.05, 0) is 32.0 Å². The number of anilines is 1. The average Bonchev–Trinajstić information content (AvgIpc) is 2.46. The summed E-state index contributed by atoms with van der Waals surface area (Å²) in [6, 6.07) is 8.87. The highest BCUT2D eigenvalue weighted by Crippen LogP contribution is 2.13. The minimum atomic E-state index is -0.125. The van der Waals surface area contributed by atoms with Gasteiger partial charge >= 0.3 is 0 Å². The zero-order valence-electron chi connectivity index (χ0n) is 11.5. The fourth-order valence-corrected chi connectivity index (χ4v) is 2.77. The highest BCUT2D eigenvalue weighted by Gasteiger charge is 2.09. The molecule has 0 spiro atoms. The van der Waals surface area contributed by atoms with Crippen LogP contribution in [0.25, 0.3) is 0 Å². The quantitative estimate of drug-likeness (QED) is 0.848. The van der Waals surface area contributed by atoms with Crippen molar-refractivity contribution < 1.29 is 4.79 Å². The average molecular weight is 307 g/mol. The fourth-order valence-electron chi connectivity index (χ4n) is 1.56. The SMILES string of the molecule is CCN(CC)C(=S)SCC(=O)Nc1cccc(C#N)c1. The Morgan fingerprint density at radius 1 is 1.45 bits per heavy atom. The van der Waals surface area contributed by atoms with Gasteiger partial charge in [0.1, 0.15) is 4.32 Å². The van der Waals surface area contributed by atoms with Gasteiger partial charge in [-0.2, -0.15) is 5.26 Å². The van der Waals surface area contributed by atoms with Gasteiger partial charge in [0.05, 0.1) is 17.4 Å². The van der Waals surface area contributed by atoms with Crippen LogP contribution in [0.3, 0.4) is 0 Å². The lowest BCUT2D eigenvalue weighted by molar-refractivity contribution is -0.113. The maximum Gasteiger partial charge on any atom is 0.234 e. The molecule has 0 fully saturated rings. The number of thioether (sulfide) groups is 1. The Kier molecular flexibility index (Phi) is 7.05. The molecule has 20 heavy (non-hydrogen) atoms. The molecule has 6 heteroatoms. The largest absolute Gasteiger partial charge is 0.358 e. The summed E-state index contributed by atoms with van der Waals surface area (Å²) in [5.41, 5.74) is 1.15. The topological polar surface area (TPSA) is 56.1 Å². The minimum Gasteiger partial charge on any atom is -0.358 e. The van der Waals surface area contributed by atoms with Crippen LogP contribution < -0.4 is 5.32 Å². The van der Waals surface area contributed by atoms with Gasteiger partial charge in [-0.15, -0.1) is 0 Å². The van der Waals surface area contributed by atoms with Crippen LogP contribution in [0.2, 0.25) is 0 Å². The number of rotatable bonds is 5. The van der Waals surface area contributed by atoms with Gasteiger partial charge in [0.15, 0.2) is 0 Å². The van der Waals surface area contributed by atoms with Crippen LogP contribution in [0.1, 0.15) is 19.4 Å². The standard InChI is InChI=1S/C14H17N3OS2/c1-3-17(4-2)14(19)20-10-13(18)16-12-7-5-6-11(8-12)9-15/h5-8H,3-4,10H2,1-2H3,(H,16,18). The lowest BCUT2D eigenvalue weighted by Gasteiger charge is -2.20. The van der Waals surface area contributed by atoms with Crippen molar-refractivity contribution in [2.45, 2.75) is 13.8 Å². The van der Waals surface area contributed by atoms with Gasteiger partial charge in [0, 0.05) is 18.8 Å². The third-order valence-electron chi connectivity index (χ3n) is 2.62. The molecule has 0 atom stereocenters. The number of nitriles is 1. The number of nitrogens with one attached hydrogen (secondary N) is 1. The lowest BCUT2D eigenvalue weighted by atomic mass is 10.2. The summed E-state index contributed by atoms with van der Waals surface area (Å²) in [6.07, 6.45) is 0. The number of nitrogens with zero attached hydrogens (tertiary/aromatic N) is 2. The number of amides is 1. The molecule has 4 nitrogen and oxygen atoms in total. The van der Waals surface area contributed by atoms with Crippen LogP contribution in [0.5, 0.6) is 0 Å². The second-order valence-electron chi connectivity index (χ2n) is 3.97. The second kappa shape index (κ2) is 8.56. The molecule has 1 amide bonds. The number of benzene rings is 1. The van der Waals surface area contributed by atoms with E-state index in [2.05, 4.69) is 5.32 Å². The molecule has 0 heterocycles. The van der Waals surface area contributed by atoms with Crippen molar-refractivity contribution >= 4 is 39.9 Å². The van der Waals surface area contributed by atoms with Gasteiger partial charge in [-0.3, -0.25) is 4.79 Å². The number of carbonyl (C=O) groups excluding carboxylic acids is 1. The molecule has 0 saturated heterocycles. The molecule has 0 radical (unpaired) electrons. The van der Waals surface area contributed by atoms with E-state index in [1.54, 1.807) is 24.3 Å². The summed E-state index contributed by atoms with van der Waals surface area (Å²) < 4.78 is 0.732. The van der Waals surface area contributed by atoms with E-state index < -0.39 is 0 Å². The van der Waals surface area contributed by atoms with E-state index in [0.29, 0.717) is 11.3 Å². The number of carbonyl (C=O) groups is 1. The van der Waals surface area contributed by atoms with Crippen molar-refractivity contribution in [3.05, 3.63) is 29.8 Å². The van der Waals surface area contributed by atoms with Crippen LogP contribution in [0.15, 0.2) is 24.3 Å². The normalized spacial score (nSPS) is 9.65. The van der Waals surface area contributed by atoms with Crippen LogP contribution in [-0.2, 0) is 4.79 Å². The van der Waals surface area contributed by atoms with Gasteiger partial charge in [-0.25, -0.2) is 0 Å². The van der Waals surface area contributed by atoms with Crippen molar-refractivity contribution in [2.75, 3.05) is 24.2 Å². The maximum absolute atomic E-state index is 11.8. The summed E-state index contributed by atoms with van der Waals surface area (Å²) in [6.45, 7) is 5.75. The first-order chi connectivity index (χ1) is 9.60. The van der Waals surface area contributed by atoms with E-state index in [-0.39, 0.29) is 11.7 Å². The fraction of sp³-hybridized carbons (Fsp3) is 0.357. The molecule has 0 aliphatic rings. The van der Waals surface area contributed by atoms with Crippen LogP contribution in [0, 0.1) is 11.3 Å². The van der Waals surface area contributed by atoms with Crippen molar-refractivity contribution in [3.8, 4) is 6.07 Å². The molecule has 0 aliphatic carbocycles. The predicted molar refractivity (Wildman–Crippen MR) is 87.8 cm³/mol. The van der Waals surface area contributed by atoms with Gasteiger partial charge in [0.2, 0.25) is 5.91 Å². The minimum absolute atomic E-state index is 0.125. The molecule has 0 unspecified atom stereocenters. The van der Waals surface area contributed by atoms with Crippen LogP contribution in [0.4, 0.5) is 5.69 Å². The van der Waals surface area contributed by atoms with E-state index in [1.807, 2.05) is 24.8 Å². The molecule has 1 aromatic carbocycles. The van der Waals surface area contributed by atoms with Crippen molar-refractivity contribution in [3.63, 3.8) is 0 Å². The lowest BCUT2D eigenvalue weighted by Crippen LogP contribution is -2.28. The Morgan fingerprint density at radius 2 is 2.15 bits per heavy atom. The number of hydrogen-bond donors (Lipinski definition) is 1. The molecule has 106 valence electrons. The second-order valence-corrected chi connectivity index (χ2v) is 5.58. The molecule has 0 aromatic heterocycles. The highest BCUT2D eigenvalue weighted by atomic mass is 32.2. The molecule has 1 N–H and O–H groups in total. The summed E-state index contributed by atoms with van der Waals surface area (Å²) in [4.78, 5) is 13.9. The molecular weight excluding hydrogens is 290 g/mol. The van der Waals surface area contributed by atoms with Crippen molar-refractivity contribution in [1.29, 1.82) is 5.26 Å². The number of hydrogen-bond acceptors (Lipinski definition) is 4. The third kappa shape index (κ3) is 5.19. The Hall–Kier alpha value is -1.58. The van der Waals surface area contributed by atoms with Crippen LogP contribution in [-0.4, -0.2) is 34.0 Å².